The van der Waals surface area contributed by atoms with Crippen LogP contribution in [0.25, 0.3) is 22.1 Å². The fourth-order valence-electron chi connectivity index (χ4n) is 6.00. The van der Waals surface area contributed by atoms with Crippen LogP contribution in [0.15, 0.2) is 48.5 Å². The van der Waals surface area contributed by atoms with Gasteiger partial charge in [0.1, 0.15) is 11.6 Å². The van der Waals surface area contributed by atoms with Crippen LogP contribution in [0.5, 0.6) is 0 Å². The van der Waals surface area contributed by atoms with Crippen LogP contribution in [0, 0.1) is 0 Å². The minimum atomic E-state index is 0.604. The molecule has 2 atom stereocenters. The monoisotopic (exact) mass is 428 g/mol. The molecular weight excluding hydrogens is 396 g/mol. The average molecular weight is 429 g/mol. The predicted molar refractivity (Wildman–Crippen MR) is 128 cm³/mol. The molecular formula is C26H32N6. The maximum atomic E-state index is 4.95. The molecule has 0 radical (unpaired) electrons. The van der Waals surface area contributed by atoms with Crippen molar-refractivity contribution >= 4 is 22.1 Å². The van der Waals surface area contributed by atoms with Gasteiger partial charge in [0.2, 0.25) is 0 Å². The molecule has 2 aliphatic rings. The highest BCUT2D eigenvalue weighted by atomic mass is 15.3. The van der Waals surface area contributed by atoms with Crippen molar-refractivity contribution in [3.8, 4) is 0 Å². The van der Waals surface area contributed by atoms with Gasteiger partial charge < -0.3 is 9.13 Å². The summed E-state index contributed by atoms with van der Waals surface area (Å²) >= 11 is 0. The van der Waals surface area contributed by atoms with E-state index in [2.05, 4.69) is 81.6 Å². The summed E-state index contributed by atoms with van der Waals surface area (Å²) in [5, 5.41) is 0. The zero-order valence-corrected chi connectivity index (χ0v) is 19.1. The predicted octanol–water partition coefficient (Wildman–Crippen LogP) is 4.09. The summed E-state index contributed by atoms with van der Waals surface area (Å²) in [6.45, 7) is 4.22. The summed E-state index contributed by atoms with van der Waals surface area (Å²) in [5.41, 5.74) is 4.65. The number of para-hydroxylation sites is 4. The zero-order valence-electron chi connectivity index (χ0n) is 19.1. The number of benzene rings is 2. The molecule has 166 valence electrons. The first kappa shape index (κ1) is 19.9. The lowest BCUT2D eigenvalue weighted by Gasteiger charge is -2.34. The molecule has 0 unspecified atom stereocenters. The largest absolute Gasteiger partial charge is 0.330 e. The molecule has 0 aliphatic carbocycles. The van der Waals surface area contributed by atoms with Crippen molar-refractivity contribution in [2.45, 2.75) is 50.9 Å². The Bertz CT molecular complexity index is 1160. The van der Waals surface area contributed by atoms with Crippen molar-refractivity contribution in [2.75, 3.05) is 13.1 Å². The number of hydrogen-bond acceptors (Lipinski definition) is 4. The van der Waals surface area contributed by atoms with Gasteiger partial charge in [-0.1, -0.05) is 24.3 Å². The highest BCUT2D eigenvalue weighted by molar-refractivity contribution is 5.76. The maximum Gasteiger partial charge on any atom is 0.123 e. The molecule has 2 saturated heterocycles. The molecule has 0 saturated carbocycles. The van der Waals surface area contributed by atoms with Gasteiger partial charge in [-0.3, -0.25) is 9.80 Å². The molecule has 32 heavy (non-hydrogen) atoms. The van der Waals surface area contributed by atoms with E-state index < -0.39 is 0 Å². The van der Waals surface area contributed by atoms with Crippen LogP contribution >= 0.6 is 0 Å². The molecule has 0 amide bonds. The maximum absolute atomic E-state index is 4.95. The molecule has 6 rings (SSSR count). The van der Waals surface area contributed by atoms with Gasteiger partial charge in [0.15, 0.2) is 0 Å². The van der Waals surface area contributed by atoms with Crippen molar-refractivity contribution in [1.82, 2.24) is 28.9 Å². The second kappa shape index (κ2) is 8.01. The number of fused-ring (bicyclic) bond motifs is 2. The van der Waals surface area contributed by atoms with Crippen LogP contribution < -0.4 is 0 Å². The summed E-state index contributed by atoms with van der Waals surface area (Å²) in [5.74, 6) is 2.36. The first-order valence-electron chi connectivity index (χ1n) is 12.0. The molecule has 6 nitrogen and oxygen atoms in total. The summed E-state index contributed by atoms with van der Waals surface area (Å²) in [4.78, 5) is 15.3. The number of rotatable bonds is 5. The van der Waals surface area contributed by atoms with E-state index in [1.165, 1.54) is 61.5 Å². The second-order valence-electron chi connectivity index (χ2n) is 9.51. The van der Waals surface area contributed by atoms with Crippen LogP contribution in [-0.4, -0.2) is 54.1 Å². The molecule has 0 bridgehead atoms. The smallest absolute Gasteiger partial charge is 0.123 e. The molecule has 2 fully saturated rings. The highest BCUT2D eigenvalue weighted by Crippen LogP contribution is 2.32. The standard InChI is InChI=1S/C26H32N6/c1-29-21-11-5-3-9-19(21)27-25(29)17-31-15-7-13-23(31)24-14-8-16-32(24)18-26-28-20-10-4-6-12-22(20)30(26)2/h3-6,9-12,23-24H,7-8,13-18H2,1-2H3/t23-,24-/m0/s1. The molecule has 2 aromatic carbocycles. The zero-order chi connectivity index (χ0) is 21.7. The van der Waals surface area contributed by atoms with Crippen molar-refractivity contribution in [3.63, 3.8) is 0 Å². The van der Waals surface area contributed by atoms with Crippen molar-refractivity contribution in [3.05, 3.63) is 60.2 Å². The second-order valence-corrected chi connectivity index (χ2v) is 9.51. The Hall–Kier alpha value is -2.70. The Morgan fingerprint density at radius 1 is 0.688 bits per heavy atom. The van der Waals surface area contributed by atoms with Crippen LogP contribution in [0.1, 0.15) is 37.3 Å². The Kier molecular flexibility index (Phi) is 5.00. The summed E-state index contributed by atoms with van der Waals surface area (Å²) in [6, 6.07) is 18.1. The first-order valence-corrected chi connectivity index (χ1v) is 12.0. The minimum absolute atomic E-state index is 0.604. The van der Waals surface area contributed by atoms with Gasteiger partial charge in [0.25, 0.3) is 0 Å². The van der Waals surface area contributed by atoms with Gasteiger partial charge in [-0.2, -0.15) is 0 Å². The minimum Gasteiger partial charge on any atom is -0.330 e. The summed E-state index contributed by atoms with van der Waals surface area (Å²) < 4.78 is 4.55. The number of aryl methyl sites for hydroxylation is 2. The number of hydrogen-bond donors (Lipinski definition) is 0. The van der Waals surface area contributed by atoms with E-state index in [1.54, 1.807) is 0 Å². The third kappa shape index (κ3) is 3.33. The number of imidazole rings is 2. The molecule has 2 aromatic heterocycles. The summed E-state index contributed by atoms with van der Waals surface area (Å²) in [7, 11) is 4.31. The molecule has 2 aliphatic heterocycles. The molecule has 4 aromatic rings. The van der Waals surface area contributed by atoms with E-state index in [0.717, 1.165) is 24.1 Å². The fourth-order valence-corrected chi connectivity index (χ4v) is 6.00. The van der Waals surface area contributed by atoms with Crippen molar-refractivity contribution in [1.29, 1.82) is 0 Å². The van der Waals surface area contributed by atoms with E-state index >= 15 is 0 Å². The first-order chi connectivity index (χ1) is 15.7. The number of aromatic nitrogens is 4. The Morgan fingerprint density at radius 3 is 1.56 bits per heavy atom. The van der Waals surface area contributed by atoms with Gasteiger partial charge in [0, 0.05) is 26.2 Å². The van der Waals surface area contributed by atoms with E-state index in [9.17, 15) is 0 Å². The van der Waals surface area contributed by atoms with Gasteiger partial charge in [0.05, 0.1) is 35.2 Å². The van der Waals surface area contributed by atoms with Gasteiger partial charge in [-0.25, -0.2) is 9.97 Å². The SMILES string of the molecule is Cn1c(CN2CCC[C@H]2[C@@H]2CCCN2Cc2nc3ccccc3n2C)nc2ccccc21. The van der Waals surface area contributed by atoms with Crippen LogP contribution in [0.2, 0.25) is 0 Å². The third-order valence-corrected chi connectivity index (χ3v) is 7.72. The van der Waals surface area contributed by atoms with Crippen molar-refractivity contribution in [2.24, 2.45) is 14.1 Å². The summed E-state index contributed by atoms with van der Waals surface area (Å²) in [6.07, 6.45) is 5.14. The van der Waals surface area contributed by atoms with Gasteiger partial charge in [-0.05, 0) is 63.0 Å². The van der Waals surface area contributed by atoms with Crippen LogP contribution in [-0.2, 0) is 27.2 Å². The topological polar surface area (TPSA) is 42.1 Å². The lowest BCUT2D eigenvalue weighted by Crippen LogP contribution is -2.46. The van der Waals surface area contributed by atoms with Crippen LogP contribution in [0.3, 0.4) is 0 Å². The van der Waals surface area contributed by atoms with E-state index in [4.69, 9.17) is 9.97 Å². The van der Waals surface area contributed by atoms with E-state index in [-0.39, 0.29) is 0 Å². The number of nitrogens with zero attached hydrogens (tertiary/aromatic N) is 6. The van der Waals surface area contributed by atoms with E-state index in [0.29, 0.717) is 12.1 Å². The Labute approximate surface area is 189 Å². The molecule has 0 spiro atoms. The average Bonchev–Trinajstić information content (AvgIpc) is 3.58. The fraction of sp³-hybridized carbons (Fsp3) is 0.462. The van der Waals surface area contributed by atoms with Gasteiger partial charge >= 0.3 is 0 Å². The third-order valence-electron chi connectivity index (χ3n) is 7.72. The van der Waals surface area contributed by atoms with Crippen molar-refractivity contribution < 1.29 is 0 Å². The Morgan fingerprint density at radius 2 is 1.12 bits per heavy atom. The number of likely N-dealkylation sites (tertiary alicyclic amines) is 2. The van der Waals surface area contributed by atoms with E-state index in [1.807, 2.05) is 0 Å². The normalized spacial score (nSPS) is 22.6. The Balaban J connectivity index is 1.22. The molecule has 6 heteroatoms. The molecule has 0 N–H and O–H groups in total. The molecule has 4 heterocycles. The highest BCUT2D eigenvalue weighted by Gasteiger charge is 2.38. The quantitative estimate of drug-likeness (QED) is 0.480. The van der Waals surface area contributed by atoms with Crippen LogP contribution in [0.4, 0.5) is 0 Å². The lowest BCUT2D eigenvalue weighted by atomic mass is 10.0. The lowest BCUT2D eigenvalue weighted by molar-refractivity contribution is 0.119. The van der Waals surface area contributed by atoms with Gasteiger partial charge in [-0.15, -0.1) is 0 Å².